The van der Waals surface area contributed by atoms with Gasteiger partial charge in [-0.3, -0.25) is 9.59 Å². The van der Waals surface area contributed by atoms with Crippen LogP contribution in [0.25, 0.3) is 0 Å². The zero-order valence-corrected chi connectivity index (χ0v) is 21.0. The molecule has 2 amide bonds. The summed E-state index contributed by atoms with van der Waals surface area (Å²) in [5, 5.41) is 11.0. The monoisotopic (exact) mass is 513 g/mol. The molecule has 0 radical (unpaired) electrons. The Balaban J connectivity index is 1.27. The van der Waals surface area contributed by atoms with E-state index >= 15 is 0 Å². The zero-order chi connectivity index (χ0) is 26.5. The number of ether oxygens (including phenoxy) is 1. The van der Waals surface area contributed by atoms with Crippen LogP contribution in [0.2, 0.25) is 0 Å². The molecular weight excluding hydrogens is 485 g/mol. The van der Waals surface area contributed by atoms with Crippen LogP contribution in [-0.4, -0.2) is 44.3 Å². The predicted molar refractivity (Wildman–Crippen MR) is 140 cm³/mol. The van der Waals surface area contributed by atoms with Gasteiger partial charge < -0.3 is 15.0 Å². The number of aromatic nitrogens is 3. The minimum absolute atomic E-state index is 0.0245. The number of aryl methyl sites for hydroxylation is 1. The molecule has 1 aromatic heterocycles. The van der Waals surface area contributed by atoms with Gasteiger partial charge >= 0.3 is 0 Å². The van der Waals surface area contributed by atoms with E-state index in [1.54, 1.807) is 41.3 Å². The normalized spacial score (nSPS) is 16.8. The number of anilines is 1. The van der Waals surface area contributed by atoms with E-state index in [0.29, 0.717) is 30.2 Å². The Bertz CT molecular complexity index is 1390. The first-order valence-electron chi connectivity index (χ1n) is 12.5. The topological polar surface area (TPSA) is 89.4 Å². The van der Waals surface area contributed by atoms with Crippen molar-refractivity contribution in [2.24, 2.45) is 5.92 Å². The second-order valence-corrected chi connectivity index (χ2v) is 9.42. The van der Waals surface area contributed by atoms with E-state index < -0.39 is 6.04 Å². The van der Waals surface area contributed by atoms with E-state index in [-0.39, 0.29) is 30.1 Å². The van der Waals surface area contributed by atoms with E-state index in [9.17, 15) is 14.0 Å². The minimum Gasteiger partial charge on any atom is -0.457 e. The molecule has 1 aliphatic rings. The fraction of sp³-hybridized carbons (Fsp3) is 0.241. The molecule has 194 valence electrons. The summed E-state index contributed by atoms with van der Waals surface area (Å²) in [6.45, 7) is 2.53. The van der Waals surface area contributed by atoms with Gasteiger partial charge in [0.25, 0.3) is 0 Å². The first kappa shape index (κ1) is 25.1. The third-order valence-electron chi connectivity index (χ3n) is 6.70. The highest BCUT2D eigenvalue weighted by molar-refractivity contribution is 5.97. The average molecular weight is 514 g/mol. The van der Waals surface area contributed by atoms with E-state index in [1.807, 2.05) is 12.1 Å². The Hall–Kier alpha value is -4.53. The van der Waals surface area contributed by atoms with Gasteiger partial charge in [0.15, 0.2) is 0 Å². The van der Waals surface area contributed by atoms with Crippen LogP contribution in [0.1, 0.15) is 17.5 Å². The lowest BCUT2D eigenvalue weighted by molar-refractivity contribution is -0.137. The highest BCUT2D eigenvalue weighted by Crippen LogP contribution is 2.29. The molecule has 38 heavy (non-hydrogen) atoms. The Morgan fingerprint density at radius 3 is 2.32 bits per heavy atom. The van der Waals surface area contributed by atoms with Gasteiger partial charge in [0.2, 0.25) is 11.8 Å². The molecule has 2 unspecified atom stereocenters. The maximum Gasteiger partial charge on any atom is 0.247 e. The van der Waals surface area contributed by atoms with Crippen molar-refractivity contribution in [3.05, 3.63) is 102 Å². The molecule has 5 rings (SSSR count). The molecule has 1 fully saturated rings. The molecule has 2 atom stereocenters. The van der Waals surface area contributed by atoms with Crippen LogP contribution in [0.4, 0.5) is 10.1 Å². The van der Waals surface area contributed by atoms with Crippen LogP contribution in [-0.2, 0) is 22.6 Å². The number of likely N-dealkylation sites (tertiary alicyclic amines) is 1. The van der Waals surface area contributed by atoms with Crippen molar-refractivity contribution < 1.29 is 18.7 Å². The molecule has 0 aliphatic carbocycles. The molecule has 3 aromatic carbocycles. The van der Waals surface area contributed by atoms with Gasteiger partial charge in [0.05, 0.1) is 12.4 Å². The second kappa shape index (κ2) is 11.2. The van der Waals surface area contributed by atoms with Crippen LogP contribution in [0.15, 0.2) is 85.2 Å². The van der Waals surface area contributed by atoms with Gasteiger partial charge in [-0.1, -0.05) is 24.3 Å². The van der Waals surface area contributed by atoms with Gasteiger partial charge in [-0.25, -0.2) is 4.39 Å². The fourth-order valence-corrected chi connectivity index (χ4v) is 4.75. The molecule has 2 heterocycles. The molecule has 8 nitrogen and oxygen atoms in total. The molecular formula is C29H28FN5O3. The Morgan fingerprint density at radius 2 is 1.63 bits per heavy atom. The van der Waals surface area contributed by atoms with Gasteiger partial charge in [0, 0.05) is 12.2 Å². The van der Waals surface area contributed by atoms with Gasteiger partial charge in [0.1, 0.15) is 29.9 Å². The number of nitrogens with one attached hydrogen (secondary N) is 1. The maximum atomic E-state index is 13.4. The number of carbonyl (C=O) groups excluding carboxylic acids is 2. The molecule has 9 heteroatoms. The number of nitrogens with zero attached hydrogens (tertiary/aromatic N) is 4. The van der Waals surface area contributed by atoms with Crippen molar-refractivity contribution in [1.82, 2.24) is 19.9 Å². The summed E-state index contributed by atoms with van der Waals surface area (Å²) in [6, 6.07) is 20.2. The summed E-state index contributed by atoms with van der Waals surface area (Å²) in [7, 11) is 0. The zero-order valence-electron chi connectivity index (χ0n) is 21.0. The highest BCUT2D eigenvalue weighted by Gasteiger charge is 2.39. The lowest BCUT2D eigenvalue weighted by Crippen LogP contribution is -2.44. The van der Waals surface area contributed by atoms with Gasteiger partial charge in [-0.05, 0) is 85.3 Å². The summed E-state index contributed by atoms with van der Waals surface area (Å²) >= 11 is 0. The summed E-state index contributed by atoms with van der Waals surface area (Å²) in [5.74, 6) is 0.430. The lowest BCUT2D eigenvalue weighted by Gasteiger charge is -2.24. The number of hydrogen-bond donors (Lipinski definition) is 1. The van der Waals surface area contributed by atoms with E-state index in [0.717, 1.165) is 6.42 Å². The molecule has 0 bridgehead atoms. The first-order valence-corrected chi connectivity index (χ1v) is 12.5. The Labute approximate surface area is 220 Å². The standard InChI is InChI=1S/C29H28FN5O3/c1-20-4-2-3-5-22(20)16-21-17-27(34(18-21)28(36)19-35-31-14-15-32-35)29(37)33-24-8-12-26(13-9-24)38-25-10-6-23(30)7-11-25/h2-15,21,27H,16-19H2,1H3,(H,33,37). The van der Waals surface area contributed by atoms with Crippen molar-refractivity contribution in [2.45, 2.75) is 32.4 Å². The summed E-state index contributed by atoms with van der Waals surface area (Å²) in [5.41, 5.74) is 3.00. The molecule has 1 aliphatic heterocycles. The summed E-state index contributed by atoms with van der Waals surface area (Å²) in [6.07, 6.45) is 4.39. The number of hydrogen-bond acceptors (Lipinski definition) is 5. The van der Waals surface area contributed by atoms with Crippen LogP contribution in [0.3, 0.4) is 0 Å². The molecule has 1 saturated heterocycles. The van der Waals surface area contributed by atoms with Crippen LogP contribution >= 0.6 is 0 Å². The number of amides is 2. The fourth-order valence-electron chi connectivity index (χ4n) is 4.75. The number of rotatable bonds is 8. The van der Waals surface area contributed by atoms with Crippen molar-refractivity contribution in [3.63, 3.8) is 0 Å². The van der Waals surface area contributed by atoms with E-state index in [4.69, 9.17) is 4.74 Å². The van der Waals surface area contributed by atoms with Gasteiger partial charge in [-0.2, -0.15) is 15.0 Å². The minimum atomic E-state index is -0.609. The third-order valence-corrected chi connectivity index (χ3v) is 6.70. The maximum absolute atomic E-state index is 13.4. The van der Waals surface area contributed by atoms with Gasteiger partial charge in [-0.15, -0.1) is 0 Å². The second-order valence-electron chi connectivity index (χ2n) is 9.42. The number of halogens is 1. The third kappa shape index (κ3) is 6.05. The Kier molecular flexibility index (Phi) is 7.44. The SMILES string of the molecule is Cc1ccccc1CC1CC(C(=O)Nc2ccc(Oc3ccc(F)cc3)cc2)N(C(=O)Cn2nccn2)C1. The molecule has 1 N–H and O–H groups in total. The van der Waals surface area contributed by atoms with Crippen molar-refractivity contribution in [1.29, 1.82) is 0 Å². The van der Waals surface area contributed by atoms with Crippen molar-refractivity contribution in [2.75, 3.05) is 11.9 Å². The lowest BCUT2D eigenvalue weighted by atomic mass is 9.94. The van der Waals surface area contributed by atoms with Crippen LogP contribution in [0.5, 0.6) is 11.5 Å². The number of benzene rings is 3. The van der Waals surface area contributed by atoms with E-state index in [1.165, 1.54) is 40.4 Å². The predicted octanol–water partition coefficient (Wildman–Crippen LogP) is 4.62. The first-order chi connectivity index (χ1) is 18.4. The van der Waals surface area contributed by atoms with E-state index in [2.05, 4.69) is 34.6 Å². The quantitative estimate of drug-likeness (QED) is 0.372. The Morgan fingerprint density at radius 1 is 0.974 bits per heavy atom. The summed E-state index contributed by atoms with van der Waals surface area (Å²) in [4.78, 5) is 29.6. The van der Waals surface area contributed by atoms with Crippen LogP contribution < -0.4 is 10.1 Å². The highest BCUT2D eigenvalue weighted by atomic mass is 19.1. The van der Waals surface area contributed by atoms with Crippen molar-refractivity contribution >= 4 is 17.5 Å². The number of carbonyl (C=O) groups is 2. The largest absolute Gasteiger partial charge is 0.457 e. The molecule has 0 spiro atoms. The average Bonchev–Trinajstić information content (AvgIpc) is 3.58. The molecule has 4 aromatic rings. The van der Waals surface area contributed by atoms with Crippen molar-refractivity contribution in [3.8, 4) is 11.5 Å². The van der Waals surface area contributed by atoms with Crippen LogP contribution in [0, 0.1) is 18.7 Å². The molecule has 0 saturated carbocycles. The summed E-state index contributed by atoms with van der Waals surface area (Å²) < 4.78 is 18.8. The smallest absolute Gasteiger partial charge is 0.247 e.